The summed E-state index contributed by atoms with van der Waals surface area (Å²) in [6, 6.07) is 8.69. The number of hydrogen-bond donors (Lipinski definition) is 1. The van der Waals surface area contributed by atoms with Gasteiger partial charge in [0.05, 0.1) is 10.6 Å². The lowest BCUT2D eigenvalue weighted by Crippen LogP contribution is -2.48. The van der Waals surface area contributed by atoms with Crippen molar-refractivity contribution in [3.8, 4) is 0 Å². The Hall–Kier alpha value is -3.51. The van der Waals surface area contributed by atoms with E-state index in [1.54, 1.807) is 24.1 Å². The molecule has 3 aromatic rings. The molecule has 0 spiro atoms. The van der Waals surface area contributed by atoms with Crippen molar-refractivity contribution in [1.82, 2.24) is 14.9 Å². The van der Waals surface area contributed by atoms with Gasteiger partial charge >= 0.3 is 0 Å². The monoisotopic (exact) mass is 550 g/mol. The highest BCUT2D eigenvalue weighted by atomic mass is 35.5. The van der Waals surface area contributed by atoms with Gasteiger partial charge in [0.1, 0.15) is 16.7 Å². The summed E-state index contributed by atoms with van der Waals surface area (Å²) in [7, 11) is -1.99. The Morgan fingerprint density at radius 1 is 1.11 bits per heavy atom. The summed E-state index contributed by atoms with van der Waals surface area (Å²) >= 11 is 5.71. The maximum atomic E-state index is 14.5. The molecule has 0 aliphatic carbocycles. The van der Waals surface area contributed by atoms with Crippen molar-refractivity contribution < 1.29 is 22.0 Å². The predicted molar refractivity (Wildman–Crippen MR) is 139 cm³/mol. The summed E-state index contributed by atoms with van der Waals surface area (Å²) in [5.74, 6) is -1.37. The minimum atomic E-state index is -3.54. The number of hydrogen-bond acceptors (Lipinski definition) is 8. The molecule has 0 atom stereocenters. The molecule has 1 aliphatic rings. The number of benzene rings is 2. The van der Waals surface area contributed by atoms with Crippen LogP contribution in [0.4, 0.5) is 37.6 Å². The standard InChI is InChI=1S/C24H25ClF2N6O3S/c1-15(34)32-8-10-33(11-9-32)17-12-16(13-18(14-17)37(3,35)36)29-24-28-7-6-21(30-24)31(2)20-5-4-19(26)22(25)23(20)27/h4-7,12-14H,8-11H2,1-3H3,(H,28,29,30). The molecular weight excluding hydrogens is 526 g/mol. The lowest BCUT2D eigenvalue weighted by atomic mass is 10.2. The van der Waals surface area contributed by atoms with Crippen molar-refractivity contribution in [1.29, 1.82) is 0 Å². The first-order chi connectivity index (χ1) is 17.4. The molecule has 1 fully saturated rings. The molecule has 2 aromatic carbocycles. The highest BCUT2D eigenvalue weighted by Crippen LogP contribution is 2.32. The van der Waals surface area contributed by atoms with Crippen molar-refractivity contribution in [2.75, 3.05) is 54.6 Å². The van der Waals surface area contributed by atoms with E-state index < -0.39 is 26.5 Å². The number of halogens is 3. The molecule has 0 saturated carbocycles. The van der Waals surface area contributed by atoms with Gasteiger partial charge in [-0.1, -0.05) is 11.6 Å². The quantitative estimate of drug-likeness (QED) is 0.460. The first-order valence-electron chi connectivity index (χ1n) is 11.3. The number of rotatable bonds is 6. The van der Waals surface area contributed by atoms with Gasteiger partial charge in [-0.05, 0) is 36.4 Å². The van der Waals surface area contributed by atoms with E-state index in [1.165, 1.54) is 36.2 Å². The summed E-state index contributed by atoms with van der Waals surface area (Å²) in [6.07, 6.45) is 2.57. The SMILES string of the molecule is CC(=O)N1CCN(c2cc(Nc3nccc(N(C)c4ccc(F)c(Cl)c4F)n3)cc(S(C)(=O)=O)c2)CC1. The number of piperazine rings is 1. The van der Waals surface area contributed by atoms with Gasteiger partial charge in [0.25, 0.3) is 0 Å². The first kappa shape index (κ1) is 26.6. The van der Waals surface area contributed by atoms with E-state index in [9.17, 15) is 22.0 Å². The lowest BCUT2D eigenvalue weighted by Gasteiger charge is -2.36. The van der Waals surface area contributed by atoms with Gasteiger partial charge in [0.2, 0.25) is 11.9 Å². The number of carbonyl (C=O) groups excluding carboxylic acids is 1. The fourth-order valence-electron chi connectivity index (χ4n) is 3.96. The van der Waals surface area contributed by atoms with E-state index in [1.807, 2.05) is 4.90 Å². The molecular formula is C24H25ClF2N6O3S. The van der Waals surface area contributed by atoms with Crippen LogP contribution in [0.2, 0.25) is 5.02 Å². The predicted octanol–water partition coefficient (Wildman–Crippen LogP) is 3.99. The van der Waals surface area contributed by atoms with Gasteiger partial charge in [0, 0.05) is 64.0 Å². The van der Waals surface area contributed by atoms with E-state index in [4.69, 9.17) is 11.6 Å². The fraction of sp³-hybridized carbons (Fsp3) is 0.292. The molecule has 0 unspecified atom stereocenters. The van der Waals surface area contributed by atoms with Crippen molar-refractivity contribution in [3.05, 3.63) is 59.3 Å². The zero-order valence-corrected chi connectivity index (χ0v) is 21.9. The van der Waals surface area contributed by atoms with Gasteiger partial charge in [-0.15, -0.1) is 0 Å². The minimum Gasteiger partial charge on any atom is -0.368 e. The van der Waals surface area contributed by atoms with Crippen molar-refractivity contribution in [2.45, 2.75) is 11.8 Å². The molecule has 13 heteroatoms. The Balaban J connectivity index is 1.63. The second-order valence-electron chi connectivity index (χ2n) is 8.60. The van der Waals surface area contributed by atoms with Crippen LogP contribution in [-0.4, -0.2) is 68.7 Å². The summed E-state index contributed by atoms with van der Waals surface area (Å²) in [4.78, 5) is 25.5. The largest absolute Gasteiger partial charge is 0.368 e. The van der Waals surface area contributed by atoms with E-state index in [0.717, 1.165) is 12.3 Å². The Morgan fingerprint density at radius 2 is 1.81 bits per heavy atom. The second-order valence-corrected chi connectivity index (χ2v) is 11.0. The molecule has 4 rings (SSSR count). The molecule has 0 radical (unpaired) electrons. The van der Waals surface area contributed by atoms with Crippen LogP contribution < -0.4 is 15.1 Å². The number of amides is 1. The Bertz CT molecular complexity index is 1450. The maximum absolute atomic E-state index is 14.5. The average Bonchev–Trinajstić information content (AvgIpc) is 2.86. The normalized spacial score (nSPS) is 14.0. The van der Waals surface area contributed by atoms with Crippen LogP contribution in [0.5, 0.6) is 0 Å². The third-order valence-electron chi connectivity index (χ3n) is 6.03. The molecule has 1 amide bonds. The van der Waals surface area contributed by atoms with Crippen molar-refractivity contribution in [3.63, 3.8) is 0 Å². The van der Waals surface area contributed by atoms with Crippen LogP contribution in [0.25, 0.3) is 0 Å². The molecule has 1 aromatic heterocycles. The summed E-state index contributed by atoms with van der Waals surface area (Å²) in [5.41, 5.74) is 1.12. The highest BCUT2D eigenvalue weighted by Gasteiger charge is 2.21. The number of aromatic nitrogens is 2. The van der Waals surface area contributed by atoms with E-state index in [0.29, 0.717) is 43.4 Å². The third kappa shape index (κ3) is 5.91. The smallest absolute Gasteiger partial charge is 0.229 e. The number of anilines is 5. The van der Waals surface area contributed by atoms with Gasteiger partial charge in [-0.3, -0.25) is 4.79 Å². The van der Waals surface area contributed by atoms with Crippen LogP contribution in [0.3, 0.4) is 0 Å². The Morgan fingerprint density at radius 3 is 2.46 bits per heavy atom. The third-order valence-corrected chi connectivity index (χ3v) is 7.46. The van der Waals surface area contributed by atoms with Gasteiger partial charge in [0.15, 0.2) is 15.7 Å². The summed E-state index contributed by atoms with van der Waals surface area (Å²) in [6.45, 7) is 3.68. The molecule has 0 bridgehead atoms. The maximum Gasteiger partial charge on any atom is 0.229 e. The molecule has 2 heterocycles. The fourth-order valence-corrected chi connectivity index (χ4v) is 4.79. The highest BCUT2D eigenvalue weighted by molar-refractivity contribution is 7.90. The Kier molecular flexibility index (Phi) is 7.51. The van der Waals surface area contributed by atoms with Crippen LogP contribution >= 0.6 is 11.6 Å². The van der Waals surface area contributed by atoms with E-state index in [2.05, 4.69) is 15.3 Å². The molecule has 37 heavy (non-hydrogen) atoms. The van der Waals surface area contributed by atoms with Gasteiger partial charge in [-0.25, -0.2) is 22.2 Å². The first-order valence-corrected chi connectivity index (χ1v) is 13.5. The van der Waals surface area contributed by atoms with Crippen LogP contribution in [0, 0.1) is 11.6 Å². The van der Waals surface area contributed by atoms with Gasteiger partial charge in [-0.2, -0.15) is 4.98 Å². The molecule has 9 nitrogen and oxygen atoms in total. The van der Waals surface area contributed by atoms with Crippen LogP contribution in [-0.2, 0) is 14.6 Å². The number of sulfone groups is 1. The lowest BCUT2D eigenvalue weighted by molar-refractivity contribution is -0.129. The van der Waals surface area contributed by atoms with Crippen molar-refractivity contribution in [2.24, 2.45) is 0 Å². The Labute approximate surface area is 218 Å². The topological polar surface area (TPSA) is 98.7 Å². The number of nitrogens with zero attached hydrogens (tertiary/aromatic N) is 5. The van der Waals surface area contributed by atoms with E-state index >= 15 is 0 Å². The minimum absolute atomic E-state index is 0.00307. The zero-order valence-electron chi connectivity index (χ0n) is 20.4. The second kappa shape index (κ2) is 10.5. The molecule has 196 valence electrons. The van der Waals surface area contributed by atoms with E-state index in [-0.39, 0.29) is 22.4 Å². The zero-order chi connectivity index (χ0) is 26.9. The van der Waals surface area contributed by atoms with Crippen molar-refractivity contribution >= 4 is 56.2 Å². The summed E-state index contributed by atoms with van der Waals surface area (Å²) in [5, 5.41) is 2.40. The number of carbonyl (C=O) groups is 1. The molecule has 1 aliphatic heterocycles. The average molecular weight is 551 g/mol. The van der Waals surface area contributed by atoms with Gasteiger partial charge < -0.3 is 20.0 Å². The van der Waals surface area contributed by atoms with Crippen LogP contribution in [0.15, 0.2) is 47.5 Å². The number of nitrogens with one attached hydrogen (secondary N) is 1. The molecule has 1 saturated heterocycles. The molecule has 1 N–H and O–H groups in total. The van der Waals surface area contributed by atoms with Crippen LogP contribution in [0.1, 0.15) is 6.92 Å². The summed E-state index contributed by atoms with van der Waals surface area (Å²) < 4.78 is 52.9.